The van der Waals surface area contributed by atoms with Crippen LogP contribution in [0.4, 0.5) is 5.69 Å². The van der Waals surface area contributed by atoms with E-state index in [1.807, 2.05) is 79.7 Å². The second-order valence-electron chi connectivity index (χ2n) is 6.62. The third kappa shape index (κ3) is 3.83. The molecule has 1 amide bonds. The molecule has 3 nitrogen and oxygen atoms in total. The molecule has 0 bridgehead atoms. The molecule has 0 aliphatic heterocycles. The predicted octanol–water partition coefficient (Wildman–Crippen LogP) is 5.10. The highest BCUT2D eigenvalue weighted by atomic mass is 16.2. The number of ketones is 1. The number of hydrogen-bond donors (Lipinski definition) is 0. The van der Waals surface area contributed by atoms with Crippen molar-refractivity contribution >= 4 is 28.2 Å². The molecule has 3 heteroatoms. The fourth-order valence-corrected chi connectivity index (χ4v) is 3.14. The van der Waals surface area contributed by atoms with Gasteiger partial charge in [0.2, 0.25) is 5.91 Å². The van der Waals surface area contributed by atoms with E-state index >= 15 is 0 Å². The van der Waals surface area contributed by atoms with Gasteiger partial charge in [0.15, 0.2) is 5.78 Å². The zero-order chi connectivity index (χ0) is 18.5. The second-order valence-corrected chi connectivity index (χ2v) is 6.62. The van der Waals surface area contributed by atoms with Crippen LogP contribution in [0, 0.1) is 5.92 Å². The maximum Gasteiger partial charge on any atom is 0.226 e. The molecule has 0 aromatic heterocycles. The Morgan fingerprint density at radius 3 is 2.31 bits per heavy atom. The molecule has 0 heterocycles. The zero-order valence-corrected chi connectivity index (χ0v) is 15.2. The Labute approximate surface area is 154 Å². The Hall–Kier alpha value is -2.94. The summed E-state index contributed by atoms with van der Waals surface area (Å²) in [6.45, 7) is 1.90. The minimum Gasteiger partial charge on any atom is -0.316 e. The zero-order valence-electron chi connectivity index (χ0n) is 15.2. The highest BCUT2D eigenvalue weighted by Gasteiger charge is 2.19. The van der Waals surface area contributed by atoms with Gasteiger partial charge in [-0.3, -0.25) is 9.59 Å². The monoisotopic (exact) mass is 345 g/mol. The van der Waals surface area contributed by atoms with E-state index in [4.69, 9.17) is 0 Å². The summed E-state index contributed by atoms with van der Waals surface area (Å²) in [5.74, 6) is -0.0836. The third-order valence-electron chi connectivity index (χ3n) is 4.81. The van der Waals surface area contributed by atoms with Crippen LogP contribution in [0.5, 0.6) is 0 Å². The normalized spacial score (nSPS) is 11.9. The lowest BCUT2D eigenvalue weighted by Crippen LogP contribution is -2.27. The van der Waals surface area contributed by atoms with Crippen molar-refractivity contribution in [2.45, 2.75) is 19.8 Å². The number of hydrogen-bond acceptors (Lipinski definition) is 2. The van der Waals surface area contributed by atoms with Crippen LogP contribution in [0.3, 0.4) is 0 Å². The van der Waals surface area contributed by atoms with Gasteiger partial charge in [-0.1, -0.05) is 67.6 Å². The first kappa shape index (κ1) is 17.9. The van der Waals surface area contributed by atoms with Crippen LogP contribution < -0.4 is 4.90 Å². The number of rotatable bonds is 6. The summed E-state index contributed by atoms with van der Waals surface area (Å²) in [7, 11) is 1.77. The molecule has 0 saturated heterocycles. The van der Waals surface area contributed by atoms with E-state index in [0.29, 0.717) is 12.8 Å². The molecule has 0 fully saturated rings. The summed E-state index contributed by atoms with van der Waals surface area (Å²) in [6.07, 6.45) is 0.890. The molecule has 0 radical (unpaired) electrons. The number of fused-ring (bicyclic) bond motifs is 1. The molecule has 0 aliphatic rings. The Kier molecular flexibility index (Phi) is 5.47. The Morgan fingerprint density at radius 1 is 0.885 bits per heavy atom. The summed E-state index contributed by atoms with van der Waals surface area (Å²) < 4.78 is 0. The standard InChI is InChI=1S/C23H23NO2/c1-17(15-16-22(25)24(2)19-11-4-3-5-12-19)23(26)21-14-8-10-18-9-6-7-13-20(18)21/h3-14,17H,15-16H2,1-2H3/t17-/m0/s1. The maximum atomic E-state index is 12.9. The summed E-state index contributed by atoms with van der Waals surface area (Å²) in [6, 6.07) is 23.2. The van der Waals surface area contributed by atoms with Crippen molar-refractivity contribution in [1.82, 2.24) is 0 Å². The molecule has 0 spiro atoms. The average Bonchev–Trinajstić information content (AvgIpc) is 2.70. The van der Waals surface area contributed by atoms with Crippen molar-refractivity contribution in [2.24, 2.45) is 5.92 Å². The topological polar surface area (TPSA) is 37.4 Å². The van der Waals surface area contributed by atoms with E-state index < -0.39 is 0 Å². The minimum absolute atomic E-state index is 0.0220. The molecular formula is C23H23NO2. The van der Waals surface area contributed by atoms with E-state index in [0.717, 1.165) is 22.0 Å². The Balaban J connectivity index is 1.67. The van der Waals surface area contributed by atoms with E-state index in [1.165, 1.54) is 0 Å². The number of para-hydroxylation sites is 1. The van der Waals surface area contributed by atoms with E-state index in [1.54, 1.807) is 11.9 Å². The number of nitrogens with zero attached hydrogens (tertiary/aromatic N) is 1. The first-order valence-corrected chi connectivity index (χ1v) is 8.91. The van der Waals surface area contributed by atoms with Crippen LogP contribution in [-0.2, 0) is 4.79 Å². The van der Waals surface area contributed by atoms with Gasteiger partial charge in [-0.15, -0.1) is 0 Å². The van der Waals surface area contributed by atoms with Gasteiger partial charge in [0, 0.05) is 30.6 Å². The highest BCUT2D eigenvalue weighted by molar-refractivity contribution is 6.09. The molecule has 132 valence electrons. The van der Waals surface area contributed by atoms with Gasteiger partial charge in [0.1, 0.15) is 0 Å². The number of Topliss-reactive ketones (excluding diaryl/α,β-unsaturated/α-hetero) is 1. The highest BCUT2D eigenvalue weighted by Crippen LogP contribution is 2.23. The third-order valence-corrected chi connectivity index (χ3v) is 4.81. The number of carbonyl (C=O) groups excluding carboxylic acids is 2. The second kappa shape index (κ2) is 7.96. The first-order chi connectivity index (χ1) is 12.6. The molecule has 0 saturated carbocycles. The van der Waals surface area contributed by atoms with Crippen LogP contribution >= 0.6 is 0 Å². The largest absolute Gasteiger partial charge is 0.316 e. The summed E-state index contributed by atoms with van der Waals surface area (Å²) in [5.41, 5.74) is 1.60. The Morgan fingerprint density at radius 2 is 1.54 bits per heavy atom. The van der Waals surface area contributed by atoms with Gasteiger partial charge in [-0.25, -0.2) is 0 Å². The van der Waals surface area contributed by atoms with E-state index in [2.05, 4.69) is 0 Å². The number of carbonyl (C=O) groups is 2. The van der Waals surface area contributed by atoms with Crippen molar-refractivity contribution in [3.8, 4) is 0 Å². The first-order valence-electron chi connectivity index (χ1n) is 8.91. The van der Waals surface area contributed by atoms with Crippen molar-refractivity contribution in [1.29, 1.82) is 0 Å². The minimum atomic E-state index is -0.200. The summed E-state index contributed by atoms with van der Waals surface area (Å²) in [4.78, 5) is 27.0. The molecule has 3 aromatic rings. The van der Waals surface area contributed by atoms with E-state index in [-0.39, 0.29) is 17.6 Å². The van der Waals surface area contributed by atoms with Gasteiger partial charge < -0.3 is 4.90 Å². The quantitative estimate of drug-likeness (QED) is 0.583. The molecular weight excluding hydrogens is 322 g/mol. The van der Waals surface area contributed by atoms with Gasteiger partial charge in [0.25, 0.3) is 0 Å². The van der Waals surface area contributed by atoms with Gasteiger partial charge in [0.05, 0.1) is 0 Å². The lowest BCUT2D eigenvalue weighted by atomic mass is 9.91. The van der Waals surface area contributed by atoms with Crippen LogP contribution in [-0.4, -0.2) is 18.7 Å². The van der Waals surface area contributed by atoms with Crippen LogP contribution in [0.15, 0.2) is 72.8 Å². The van der Waals surface area contributed by atoms with Crippen molar-refractivity contribution in [3.05, 3.63) is 78.4 Å². The summed E-state index contributed by atoms with van der Waals surface area (Å²) in [5, 5.41) is 2.03. The van der Waals surface area contributed by atoms with Crippen LogP contribution in [0.1, 0.15) is 30.1 Å². The van der Waals surface area contributed by atoms with Crippen LogP contribution in [0.2, 0.25) is 0 Å². The van der Waals surface area contributed by atoms with Gasteiger partial charge >= 0.3 is 0 Å². The van der Waals surface area contributed by atoms with Crippen molar-refractivity contribution < 1.29 is 9.59 Å². The maximum absolute atomic E-state index is 12.9. The van der Waals surface area contributed by atoms with Crippen molar-refractivity contribution in [3.63, 3.8) is 0 Å². The van der Waals surface area contributed by atoms with E-state index in [9.17, 15) is 9.59 Å². The lowest BCUT2D eigenvalue weighted by Gasteiger charge is -2.18. The van der Waals surface area contributed by atoms with Gasteiger partial charge in [-0.05, 0) is 29.3 Å². The molecule has 0 unspecified atom stereocenters. The fraction of sp³-hybridized carbons (Fsp3) is 0.217. The molecule has 3 aromatic carbocycles. The van der Waals surface area contributed by atoms with Crippen LogP contribution in [0.25, 0.3) is 10.8 Å². The number of benzene rings is 3. The summed E-state index contributed by atoms with van der Waals surface area (Å²) >= 11 is 0. The fourth-order valence-electron chi connectivity index (χ4n) is 3.14. The lowest BCUT2D eigenvalue weighted by molar-refractivity contribution is -0.118. The SMILES string of the molecule is C[C@@H](CCC(=O)N(C)c1ccccc1)C(=O)c1cccc2ccccc12. The number of anilines is 1. The molecule has 0 N–H and O–H groups in total. The van der Waals surface area contributed by atoms with Crippen molar-refractivity contribution in [2.75, 3.05) is 11.9 Å². The molecule has 1 atom stereocenters. The predicted molar refractivity (Wildman–Crippen MR) is 107 cm³/mol. The number of amides is 1. The molecule has 3 rings (SSSR count). The molecule has 0 aliphatic carbocycles. The Bertz CT molecular complexity index is 912. The van der Waals surface area contributed by atoms with Gasteiger partial charge in [-0.2, -0.15) is 0 Å². The molecule has 26 heavy (non-hydrogen) atoms. The smallest absolute Gasteiger partial charge is 0.226 e. The average molecular weight is 345 g/mol.